The van der Waals surface area contributed by atoms with Gasteiger partial charge in [-0.3, -0.25) is 4.79 Å². The summed E-state index contributed by atoms with van der Waals surface area (Å²) >= 11 is 0. The quantitative estimate of drug-likeness (QED) is 0.833. The van der Waals surface area contributed by atoms with Gasteiger partial charge in [-0.2, -0.15) is 0 Å². The van der Waals surface area contributed by atoms with E-state index >= 15 is 0 Å². The van der Waals surface area contributed by atoms with Crippen molar-refractivity contribution in [3.63, 3.8) is 0 Å². The predicted octanol–water partition coefficient (Wildman–Crippen LogP) is 1.98. The molecule has 1 aromatic carbocycles. The van der Waals surface area contributed by atoms with Crippen LogP contribution in [-0.2, 0) is 0 Å². The number of hydrogen-bond acceptors (Lipinski definition) is 2. The fourth-order valence-electron chi connectivity index (χ4n) is 2.09. The number of carbonyl (C=O) groups excluding carboxylic acids is 1. The summed E-state index contributed by atoms with van der Waals surface area (Å²) in [6, 6.07) is 8.00. The molecule has 1 amide bonds. The molecule has 4 heteroatoms. The van der Waals surface area contributed by atoms with E-state index in [0.29, 0.717) is 0 Å². The van der Waals surface area contributed by atoms with Gasteiger partial charge >= 0.3 is 0 Å². The lowest BCUT2D eigenvalue weighted by Gasteiger charge is -2.30. The van der Waals surface area contributed by atoms with Gasteiger partial charge < -0.3 is 10.6 Å². The molecule has 2 rings (SSSR count). The van der Waals surface area contributed by atoms with Crippen LogP contribution in [0.3, 0.4) is 0 Å². The molecule has 0 saturated carbocycles. The predicted molar refractivity (Wildman–Crippen MR) is 71.5 cm³/mol. The molecule has 1 aliphatic rings. The van der Waals surface area contributed by atoms with Crippen LogP contribution >= 0.6 is 12.4 Å². The van der Waals surface area contributed by atoms with Gasteiger partial charge in [0, 0.05) is 24.7 Å². The van der Waals surface area contributed by atoms with E-state index in [4.69, 9.17) is 5.73 Å². The second-order valence-electron chi connectivity index (χ2n) is 4.44. The lowest BCUT2D eigenvalue weighted by Crippen LogP contribution is -2.43. The average molecular weight is 255 g/mol. The molecule has 2 N–H and O–H groups in total. The molecule has 0 spiro atoms. The largest absolute Gasteiger partial charge is 0.339 e. The molecule has 17 heavy (non-hydrogen) atoms. The molecule has 1 saturated heterocycles. The molecule has 0 aromatic heterocycles. The summed E-state index contributed by atoms with van der Waals surface area (Å²) in [7, 11) is 0. The third-order valence-electron chi connectivity index (χ3n) is 3.20. The maximum atomic E-state index is 12.2. The van der Waals surface area contributed by atoms with E-state index in [1.54, 1.807) is 0 Å². The number of likely N-dealkylation sites (tertiary alicyclic amines) is 1. The Bertz CT molecular complexity index is 387. The van der Waals surface area contributed by atoms with Crippen molar-refractivity contribution >= 4 is 18.3 Å². The molecular formula is C13H19ClN2O. The minimum absolute atomic E-state index is 0. The molecule has 1 aliphatic heterocycles. The first-order chi connectivity index (χ1) is 7.68. The summed E-state index contributed by atoms with van der Waals surface area (Å²) in [5, 5.41) is 0. The molecule has 1 aromatic rings. The number of amides is 1. The molecule has 0 aliphatic carbocycles. The number of benzene rings is 1. The van der Waals surface area contributed by atoms with E-state index < -0.39 is 0 Å². The Labute approximate surface area is 108 Å². The normalized spacial score (nSPS) is 16.5. The van der Waals surface area contributed by atoms with Crippen molar-refractivity contribution in [2.45, 2.75) is 25.8 Å². The minimum Gasteiger partial charge on any atom is -0.339 e. The van der Waals surface area contributed by atoms with Gasteiger partial charge in [-0.25, -0.2) is 0 Å². The van der Waals surface area contributed by atoms with Crippen LogP contribution in [-0.4, -0.2) is 29.9 Å². The zero-order valence-electron chi connectivity index (χ0n) is 10.1. The van der Waals surface area contributed by atoms with E-state index in [1.807, 2.05) is 36.1 Å². The van der Waals surface area contributed by atoms with Crippen LogP contribution in [0.1, 0.15) is 28.8 Å². The van der Waals surface area contributed by atoms with E-state index in [-0.39, 0.29) is 24.4 Å². The number of aryl methyl sites for hydroxylation is 1. The van der Waals surface area contributed by atoms with Crippen molar-refractivity contribution in [2.75, 3.05) is 13.1 Å². The summed E-state index contributed by atoms with van der Waals surface area (Å²) in [6.07, 6.45) is 1.83. The lowest BCUT2D eigenvalue weighted by molar-refractivity contribution is 0.0714. The highest BCUT2D eigenvalue weighted by molar-refractivity contribution is 5.95. The summed E-state index contributed by atoms with van der Waals surface area (Å²) in [4.78, 5) is 14.1. The van der Waals surface area contributed by atoms with E-state index in [2.05, 4.69) is 0 Å². The summed E-state index contributed by atoms with van der Waals surface area (Å²) in [5.74, 6) is 0.144. The fourth-order valence-corrected chi connectivity index (χ4v) is 2.09. The monoisotopic (exact) mass is 254 g/mol. The van der Waals surface area contributed by atoms with Gasteiger partial charge in [0.15, 0.2) is 0 Å². The van der Waals surface area contributed by atoms with Crippen LogP contribution in [0, 0.1) is 6.92 Å². The average Bonchev–Trinajstić information content (AvgIpc) is 2.30. The number of piperidine rings is 1. The molecule has 1 fully saturated rings. The molecule has 1 heterocycles. The second-order valence-corrected chi connectivity index (χ2v) is 4.44. The Balaban J connectivity index is 0.00000144. The first kappa shape index (κ1) is 14.0. The van der Waals surface area contributed by atoms with Crippen molar-refractivity contribution in [2.24, 2.45) is 5.73 Å². The first-order valence-electron chi connectivity index (χ1n) is 5.79. The van der Waals surface area contributed by atoms with Crippen LogP contribution in [0.5, 0.6) is 0 Å². The molecular weight excluding hydrogens is 236 g/mol. The summed E-state index contributed by atoms with van der Waals surface area (Å²) < 4.78 is 0. The Morgan fingerprint density at radius 3 is 2.47 bits per heavy atom. The van der Waals surface area contributed by atoms with Gasteiger partial charge in [-0.1, -0.05) is 18.2 Å². The molecule has 0 atom stereocenters. The second kappa shape index (κ2) is 6.03. The number of carbonyl (C=O) groups is 1. The van der Waals surface area contributed by atoms with Gasteiger partial charge in [0.2, 0.25) is 0 Å². The standard InChI is InChI=1S/C13H18N2O.ClH/c1-10-4-2-3-5-12(10)13(16)15-8-6-11(14)7-9-15;/h2-5,11H,6-9,14H2,1H3;1H. The Kier molecular flexibility index (Phi) is 4.97. The fraction of sp³-hybridized carbons (Fsp3) is 0.462. The van der Waals surface area contributed by atoms with Gasteiger partial charge in [0.25, 0.3) is 5.91 Å². The molecule has 3 nitrogen and oxygen atoms in total. The van der Waals surface area contributed by atoms with E-state index in [1.165, 1.54) is 0 Å². The van der Waals surface area contributed by atoms with Crippen molar-refractivity contribution in [1.82, 2.24) is 4.90 Å². The van der Waals surface area contributed by atoms with Crippen molar-refractivity contribution in [1.29, 1.82) is 0 Å². The highest BCUT2D eigenvalue weighted by Crippen LogP contribution is 2.15. The number of halogens is 1. The Morgan fingerprint density at radius 1 is 1.29 bits per heavy atom. The lowest BCUT2D eigenvalue weighted by atomic mass is 10.0. The minimum atomic E-state index is 0. The van der Waals surface area contributed by atoms with Gasteiger partial charge in [-0.05, 0) is 31.4 Å². The van der Waals surface area contributed by atoms with Crippen LogP contribution in [0.15, 0.2) is 24.3 Å². The van der Waals surface area contributed by atoms with E-state index in [0.717, 1.165) is 37.1 Å². The molecule has 0 radical (unpaired) electrons. The van der Waals surface area contributed by atoms with Crippen molar-refractivity contribution in [3.05, 3.63) is 35.4 Å². The van der Waals surface area contributed by atoms with Crippen LogP contribution in [0.4, 0.5) is 0 Å². The van der Waals surface area contributed by atoms with Crippen LogP contribution in [0.2, 0.25) is 0 Å². The Hall–Kier alpha value is -1.06. The molecule has 0 bridgehead atoms. The molecule has 94 valence electrons. The number of hydrogen-bond donors (Lipinski definition) is 1. The zero-order valence-corrected chi connectivity index (χ0v) is 10.9. The smallest absolute Gasteiger partial charge is 0.254 e. The summed E-state index contributed by atoms with van der Waals surface area (Å²) in [6.45, 7) is 3.55. The molecule has 0 unspecified atom stereocenters. The first-order valence-corrected chi connectivity index (χ1v) is 5.79. The van der Waals surface area contributed by atoms with Crippen LogP contribution in [0.25, 0.3) is 0 Å². The van der Waals surface area contributed by atoms with Crippen molar-refractivity contribution in [3.8, 4) is 0 Å². The number of nitrogens with two attached hydrogens (primary N) is 1. The SMILES string of the molecule is Cc1ccccc1C(=O)N1CCC(N)CC1.Cl. The summed E-state index contributed by atoms with van der Waals surface area (Å²) in [5.41, 5.74) is 7.69. The third-order valence-corrected chi connectivity index (χ3v) is 3.20. The van der Waals surface area contributed by atoms with Gasteiger partial charge in [0.1, 0.15) is 0 Å². The highest BCUT2D eigenvalue weighted by atomic mass is 35.5. The maximum absolute atomic E-state index is 12.2. The topological polar surface area (TPSA) is 46.3 Å². The van der Waals surface area contributed by atoms with E-state index in [9.17, 15) is 4.79 Å². The maximum Gasteiger partial charge on any atom is 0.254 e. The zero-order chi connectivity index (χ0) is 11.5. The van der Waals surface area contributed by atoms with Gasteiger partial charge in [0.05, 0.1) is 0 Å². The van der Waals surface area contributed by atoms with Crippen molar-refractivity contribution < 1.29 is 4.79 Å². The number of rotatable bonds is 1. The highest BCUT2D eigenvalue weighted by Gasteiger charge is 2.22. The number of nitrogens with zero attached hydrogens (tertiary/aromatic N) is 1. The third kappa shape index (κ3) is 3.20. The van der Waals surface area contributed by atoms with Crippen LogP contribution < -0.4 is 5.73 Å². The Morgan fingerprint density at radius 2 is 1.88 bits per heavy atom. The van der Waals surface area contributed by atoms with Gasteiger partial charge in [-0.15, -0.1) is 12.4 Å².